The highest BCUT2D eigenvalue weighted by Gasteiger charge is 2.26. The van der Waals surface area contributed by atoms with Gasteiger partial charge in [0.1, 0.15) is 0 Å². The van der Waals surface area contributed by atoms with Crippen LogP contribution in [0.3, 0.4) is 0 Å². The lowest BCUT2D eigenvalue weighted by molar-refractivity contribution is -0.152. The highest BCUT2D eigenvalue weighted by molar-refractivity contribution is 5.25. The Balaban J connectivity index is 0.000000218. The molecule has 0 aromatic heterocycles. The molecule has 0 spiro atoms. The normalized spacial score (nSPS) is 16.8. The number of aliphatic hydroxyl groups is 3. The van der Waals surface area contributed by atoms with Gasteiger partial charge in [-0.25, -0.2) is 0 Å². The van der Waals surface area contributed by atoms with E-state index in [0.717, 1.165) is 32.1 Å². The summed E-state index contributed by atoms with van der Waals surface area (Å²) in [7, 11) is 0. The standard InChI is InChI=1S/C11H16O.C5H10O2/c1-10-6-2-3-7-11(10)8-4-5-9-12;6-5(7)3-1-2-4-5/h2-3,6-7,12H,4-5,8-9H2,1H3;6-7H,1-4H2. The van der Waals surface area contributed by atoms with E-state index in [0.29, 0.717) is 19.4 Å². The molecule has 1 aromatic rings. The van der Waals surface area contributed by atoms with Crippen LogP contribution in [0.2, 0.25) is 0 Å². The lowest BCUT2D eigenvalue weighted by atomic mass is 10.0. The Morgan fingerprint density at radius 3 is 2.16 bits per heavy atom. The summed E-state index contributed by atoms with van der Waals surface area (Å²) >= 11 is 0. The summed E-state index contributed by atoms with van der Waals surface area (Å²) in [6, 6.07) is 8.42. The number of aliphatic hydroxyl groups excluding tert-OH is 1. The molecular formula is C16H26O3. The summed E-state index contributed by atoms with van der Waals surface area (Å²) in [5.41, 5.74) is 2.77. The molecule has 0 aliphatic heterocycles. The van der Waals surface area contributed by atoms with Gasteiger partial charge in [-0.3, -0.25) is 0 Å². The van der Waals surface area contributed by atoms with Gasteiger partial charge in [-0.05, 0) is 50.2 Å². The fourth-order valence-electron chi connectivity index (χ4n) is 2.26. The molecule has 0 atom stereocenters. The fraction of sp³-hybridized carbons (Fsp3) is 0.625. The van der Waals surface area contributed by atoms with Gasteiger partial charge in [-0.2, -0.15) is 0 Å². The molecule has 2 rings (SSSR count). The van der Waals surface area contributed by atoms with E-state index in [-0.39, 0.29) is 0 Å². The molecule has 1 fully saturated rings. The second-order valence-corrected chi connectivity index (χ2v) is 5.30. The molecule has 3 heteroatoms. The van der Waals surface area contributed by atoms with Crippen LogP contribution in [0, 0.1) is 6.92 Å². The molecule has 1 aliphatic rings. The van der Waals surface area contributed by atoms with Gasteiger partial charge in [0, 0.05) is 19.4 Å². The lowest BCUT2D eigenvalue weighted by Gasteiger charge is -2.11. The molecule has 108 valence electrons. The first-order valence-corrected chi connectivity index (χ1v) is 7.15. The van der Waals surface area contributed by atoms with E-state index in [1.807, 2.05) is 0 Å². The number of hydrogen-bond donors (Lipinski definition) is 3. The van der Waals surface area contributed by atoms with Gasteiger partial charge in [0.2, 0.25) is 0 Å². The second-order valence-electron chi connectivity index (χ2n) is 5.30. The predicted octanol–water partition coefficient (Wildman–Crippen LogP) is 2.55. The largest absolute Gasteiger partial charge is 0.396 e. The molecule has 1 aliphatic carbocycles. The minimum absolute atomic E-state index is 0.311. The van der Waals surface area contributed by atoms with Gasteiger partial charge >= 0.3 is 0 Å². The second kappa shape index (κ2) is 8.31. The minimum Gasteiger partial charge on any atom is -0.396 e. The number of unbranched alkanes of at least 4 members (excludes halogenated alkanes) is 1. The van der Waals surface area contributed by atoms with Crippen molar-refractivity contribution >= 4 is 0 Å². The van der Waals surface area contributed by atoms with Gasteiger partial charge in [-0.15, -0.1) is 0 Å². The average Bonchev–Trinajstić information content (AvgIpc) is 2.77. The smallest absolute Gasteiger partial charge is 0.162 e. The van der Waals surface area contributed by atoms with Crippen LogP contribution in [0.15, 0.2) is 24.3 Å². The quantitative estimate of drug-likeness (QED) is 0.580. The molecule has 1 aromatic carbocycles. The summed E-state index contributed by atoms with van der Waals surface area (Å²) < 4.78 is 0. The molecule has 0 radical (unpaired) electrons. The third kappa shape index (κ3) is 6.71. The Morgan fingerprint density at radius 1 is 1.05 bits per heavy atom. The molecule has 19 heavy (non-hydrogen) atoms. The first-order chi connectivity index (χ1) is 9.05. The Morgan fingerprint density at radius 2 is 1.68 bits per heavy atom. The zero-order valence-electron chi connectivity index (χ0n) is 11.8. The van der Waals surface area contributed by atoms with Crippen molar-refractivity contribution in [3.8, 4) is 0 Å². The van der Waals surface area contributed by atoms with Crippen LogP contribution in [0.1, 0.15) is 49.7 Å². The van der Waals surface area contributed by atoms with Crippen LogP contribution in [-0.4, -0.2) is 27.7 Å². The molecule has 0 bridgehead atoms. The Labute approximate surface area is 115 Å². The number of aryl methyl sites for hydroxylation is 2. The molecule has 1 saturated carbocycles. The van der Waals surface area contributed by atoms with E-state index < -0.39 is 5.79 Å². The Hall–Kier alpha value is -0.900. The third-order valence-corrected chi connectivity index (χ3v) is 3.52. The zero-order chi connectivity index (χ0) is 14.1. The summed E-state index contributed by atoms with van der Waals surface area (Å²) in [6.07, 6.45) is 6.14. The molecule has 3 N–H and O–H groups in total. The van der Waals surface area contributed by atoms with Crippen LogP contribution in [0.25, 0.3) is 0 Å². The summed E-state index contributed by atoms with van der Waals surface area (Å²) in [4.78, 5) is 0. The zero-order valence-corrected chi connectivity index (χ0v) is 11.8. The highest BCUT2D eigenvalue weighted by Crippen LogP contribution is 2.25. The van der Waals surface area contributed by atoms with Crippen molar-refractivity contribution in [1.29, 1.82) is 0 Å². The van der Waals surface area contributed by atoms with Crippen molar-refractivity contribution in [3.63, 3.8) is 0 Å². The Bertz CT molecular complexity index is 353. The van der Waals surface area contributed by atoms with Crippen LogP contribution >= 0.6 is 0 Å². The van der Waals surface area contributed by atoms with E-state index >= 15 is 0 Å². The highest BCUT2D eigenvalue weighted by atomic mass is 16.5. The maximum atomic E-state index is 8.75. The minimum atomic E-state index is -1.31. The lowest BCUT2D eigenvalue weighted by Crippen LogP contribution is -2.21. The van der Waals surface area contributed by atoms with Gasteiger partial charge in [0.25, 0.3) is 0 Å². The number of benzene rings is 1. The van der Waals surface area contributed by atoms with E-state index in [9.17, 15) is 0 Å². The first-order valence-electron chi connectivity index (χ1n) is 7.15. The van der Waals surface area contributed by atoms with Crippen molar-refractivity contribution in [2.45, 2.75) is 57.7 Å². The summed E-state index contributed by atoms with van der Waals surface area (Å²) in [6.45, 7) is 2.44. The van der Waals surface area contributed by atoms with Gasteiger partial charge in [0.05, 0.1) is 0 Å². The molecule has 0 amide bonds. The third-order valence-electron chi connectivity index (χ3n) is 3.52. The van der Waals surface area contributed by atoms with Crippen LogP contribution in [0.5, 0.6) is 0 Å². The number of hydrogen-bond acceptors (Lipinski definition) is 3. The summed E-state index contributed by atoms with van der Waals surface area (Å²) in [5.74, 6) is -1.31. The van der Waals surface area contributed by atoms with E-state index in [4.69, 9.17) is 15.3 Å². The van der Waals surface area contributed by atoms with Gasteiger partial charge in [-0.1, -0.05) is 24.3 Å². The van der Waals surface area contributed by atoms with Crippen molar-refractivity contribution in [2.24, 2.45) is 0 Å². The van der Waals surface area contributed by atoms with E-state index in [2.05, 4.69) is 31.2 Å². The molecule has 0 heterocycles. The Kier molecular flexibility index (Phi) is 7.06. The molecular weight excluding hydrogens is 240 g/mol. The fourth-order valence-corrected chi connectivity index (χ4v) is 2.26. The molecule has 0 unspecified atom stereocenters. The van der Waals surface area contributed by atoms with Crippen molar-refractivity contribution in [1.82, 2.24) is 0 Å². The van der Waals surface area contributed by atoms with Crippen molar-refractivity contribution in [2.75, 3.05) is 6.61 Å². The van der Waals surface area contributed by atoms with Gasteiger partial charge in [0.15, 0.2) is 5.79 Å². The molecule has 3 nitrogen and oxygen atoms in total. The SMILES string of the molecule is Cc1ccccc1CCCCO.OC1(O)CCCC1. The number of rotatable bonds is 4. The monoisotopic (exact) mass is 266 g/mol. The maximum absolute atomic E-state index is 8.75. The summed E-state index contributed by atoms with van der Waals surface area (Å²) in [5, 5.41) is 26.1. The topological polar surface area (TPSA) is 60.7 Å². The molecule has 0 saturated heterocycles. The van der Waals surface area contributed by atoms with Crippen LogP contribution < -0.4 is 0 Å². The van der Waals surface area contributed by atoms with Gasteiger partial charge < -0.3 is 15.3 Å². The van der Waals surface area contributed by atoms with Crippen LogP contribution in [0.4, 0.5) is 0 Å². The average molecular weight is 266 g/mol. The van der Waals surface area contributed by atoms with Crippen molar-refractivity contribution in [3.05, 3.63) is 35.4 Å². The maximum Gasteiger partial charge on any atom is 0.162 e. The van der Waals surface area contributed by atoms with Crippen LogP contribution in [-0.2, 0) is 6.42 Å². The first kappa shape index (κ1) is 16.2. The van der Waals surface area contributed by atoms with Crippen molar-refractivity contribution < 1.29 is 15.3 Å². The predicted molar refractivity (Wildman–Crippen MR) is 76.8 cm³/mol. The van der Waals surface area contributed by atoms with E-state index in [1.165, 1.54) is 11.1 Å². The van der Waals surface area contributed by atoms with E-state index in [1.54, 1.807) is 0 Å².